The molecule has 0 amide bonds. The van der Waals surface area contributed by atoms with E-state index in [-0.39, 0.29) is 0 Å². The summed E-state index contributed by atoms with van der Waals surface area (Å²) in [6.45, 7) is 1.99. The van der Waals surface area contributed by atoms with Gasteiger partial charge < -0.3 is 4.74 Å². The van der Waals surface area contributed by atoms with E-state index in [1.165, 1.54) is 6.08 Å². The molecule has 0 aliphatic rings. The van der Waals surface area contributed by atoms with E-state index in [0.717, 1.165) is 25.3 Å². The van der Waals surface area contributed by atoms with Gasteiger partial charge in [-0.25, -0.2) is 4.79 Å². The van der Waals surface area contributed by atoms with Gasteiger partial charge in [-0.05, 0) is 25.7 Å². The first-order valence-electron chi connectivity index (χ1n) is 5.63. The number of hydrogen-bond donors (Lipinski definition) is 0. The zero-order chi connectivity index (χ0) is 13.9. The number of allylic oxidation sites excluding steroid dienone is 4. The Hall–Kier alpha value is -1.52. The molecule has 0 radical (unpaired) electrons. The molecule has 0 rings (SSSR count). The van der Waals surface area contributed by atoms with Crippen molar-refractivity contribution in [2.24, 2.45) is 0 Å². The molecule has 0 spiro atoms. The lowest BCUT2D eigenvalue weighted by atomic mass is 10.2. The van der Waals surface area contributed by atoms with E-state index in [9.17, 15) is 18.0 Å². The third-order valence-corrected chi connectivity index (χ3v) is 1.90. The zero-order valence-electron chi connectivity index (χ0n) is 10.1. The Kier molecular flexibility index (Phi) is 8.70. The molecule has 0 heterocycles. The predicted molar refractivity (Wildman–Crippen MR) is 64.0 cm³/mol. The quantitative estimate of drug-likeness (QED) is 0.286. The summed E-state index contributed by atoms with van der Waals surface area (Å²) in [5.41, 5.74) is 0. The normalized spacial score (nSPS) is 12.2. The Morgan fingerprint density at radius 2 is 1.78 bits per heavy atom. The molecule has 0 N–H and O–H groups in total. The average molecular weight is 262 g/mol. The largest absolute Gasteiger partial charge is 0.453 e. The lowest BCUT2D eigenvalue weighted by molar-refractivity contribution is -0.182. The zero-order valence-corrected chi connectivity index (χ0v) is 10.1. The maximum absolute atomic E-state index is 11.7. The molecule has 18 heavy (non-hydrogen) atoms. The second kappa shape index (κ2) is 9.50. The summed E-state index contributed by atoms with van der Waals surface area (Å²) in [6.07, 6.45) is 6.98. The van der Waals surface area contributed by atoms with Crippen molar-refractivity contribution < 1.29 is 22.7 Å². The van der Waals surface area contributed by atoms with E-state index in [4.69, 9.17) is 0 Å². The Bertz CT molecular complexity index is 304. The van der Waals surface area contributed by atoms with E-state index in [1.807, 2.05) is 12.2 Å². The Balaban J connectivity index is 3.55. The highest BCUT2D eigenvalue weighted by Crippen LogP contribution is 2.14. The summed E-state index contributed by atoms with van der Waals surface area (Å²) < 4.78 is 39.1. The van der Waals surface area contributed by atoms with Crippen LogP contribution < -0.4 is 0 Å². The van der Waals surface area contributed by atoms with Crippen molar-refractivity contribution in [3.05, 3.63) is 37.0 Å². The molecule has 0 unspecified atom stereocenters. The number of carbonyl (C=O) groups is 1. The lowest BCUT2D eigenvalue weighted by Gasteiger charge is -2.05. The molecule has 0 aromatic carbocycles. The van der Waals surface area contributed by atoms with Crippen LogP contribution in [0.4, 0.5) is 13.2 Å². The number of ether oxygens (including phenoxy) is 1. The lowest BCUT2D eigenvalue weighted by Crippen LogP contribution is -2.19. The van der Waals surface area contributed by atoms with Gasteiger partial charge in [0.2, 0.25) is 0 Å². The van der Waals surface area contributed by atoms with Crippen molar-refractivity contribution in [2.75, 3.05) is 6.61 Å². The Morgan fingerprint density at radius 3 is 2.33 bits per heavy atom. The minimum Gasteiger partial charge on any atom is -0.453 e. The van der Waals surface area contributed by atoms with E-state index in [2.05, 4.69) is 11.3 Å². The SMILES string of the molecule is C=C/C=C/CCCC/C=C/C(=O)OCC(F)(F)F. The van der Waals surface area contributed by atoms with Gasteiger partial charge >= 0.3 is 12.1 Å². The molecule has 0 bridgehead atoms. The van der Waals surface area contributed by atoms with Crippen LogP contribution in [-0.2, 0) is 9.53 Å². The number of unbranched alkanes of at least 4 members (excludes halogenated alkanes) is 3. The predicted octanol–water partition coefficient (Wildman–Crippen LogP) is 3.95. The first kappa shape index (κ1) is 16.5. The second-order valence-electron chi connectivity index (χ2n) is 3.57. The number of carbonyl (C=O) groups excluding carboxylic acids is 1. The minimum atomic E-state index is -4.47. The van der Waals surface area contributed by atoms with Crippen LogP contribution in [0.15, 0.2) is 37.0 Å². The van der Waals surface area contributed by atoms with Crippen LogP contribution >= 0.6 is 0 Å². The fourth-order valence-electron chi connectivity index (χ4n) is 1.10. The van der Waals surface area contributed by atoms with Crippen molar-refractivity contribution in [3.8, 4) is 0 Å². The molecule has 0 aromatic rings. The van der Waals surface area contributed by atoms with Crippen molar-refractivity contribution in [3.63, 3.8) is 0 Å². The molecule has 0 saturated heterocycles. The van der Waals surface area contributed by atoms with Crippen LogP contribution in [0.3, 0.4) is 0 Å². The number of esters is 1. The first-order valence-corrected chi connectivity index (χ1v) is 5.63. The monoisotopic (exact) mass is 262 g/mol. The molecule has 0 saturated carbocycles. The number of halogens is 3. The van der Waals surface area contributed by atoms with Gasteiger partial charge in [-0.3, -0.25) is 0 Å². The topological polar surface area (TPSA) is 26.3 Å². The van der Waals surface area contributed by atoms with Gasteiger partial charge in [0, 0.05) is 6.08 Å². The second-order valence-corrected chi connectivity index (χ2v) is 3.57. The van der Waals surface area contributed by atoms with E-state index < -0.39 is 18.8 Å². The van der Waals surface area contributed by atoms with Crippen LogP contribution in [0, 0.1) is 0 Å². The Morgan fingerprint density at radius 1 is 1.17 bits per heavy atom. The summed E-state index contributed by atoms with van der Waals surface area (Å²) in [5.74, 6) is -0.959. The third kappa shape index (κ3) is 12.5. The van der Waals surface area contributed by atoms with Crippen LogP contribution in [0.1, 0.15) is 25.7 Å². The summed E-state index contributed by atoms with van der Waals surface area (Å²) in [7, 11) is 0. The maximum atomic E-state index is 11.7. The average Bonchev–Trinajstić information content (AvgIpc) is 2.29. The number of rotatable bonds is 8. The fourth-order valence-corrected chi connectivity index (χ4v) is 1.10. The van der Waals surface area contributed by atoms with Crippen LogP contribution in [-0.4, -0.2) is 18.8 Å². The van der Waals surface area contributed by atoms with Crippen molar-refractivity contribution in [1.82, 2.24) is 0 Å². The molecule has 0 aromatic heterocycles. The van der Waals surface area contributed by atoms with Gasteiger partial charge in [0.25, 0.3) is 0 Å². The van der Waals surface area contributed by atoms with Gasteiger partial charge in [0.15, 0.2) is 6.61 Å². The molecule has 5 heteroatoms. The fraction of sp³-hybridized carbons (Fsp3) is 0.462. The van der Waals surface area contributed by atoms with Crippen LogP contribution in [0.25, 0.3) is 0 Å². The summed E-state index contributed by atoms with van der Waals surface area (Å²) >= 11 is 0. The molecule has 0 aliphatic carbocycles. The standard InChI is InChI=1S/C13H17F3O2/c1-2-3-4-5-6-7-8-9-10-12(17)18-11-13(14,15)16/h2-4,9-10H,1,5-8,11H2/b4-3+,10-9+. The number of hydrogen-bond acceptors (Lipinski definition) is 2. The van der Waals surface area contributed by atoms with Crippen molar-refractivity contribution >= 4 is 5.97 Å². The van der Waals surface area contributed by atoms with Crippen molar-refractivity contribution in [1.29, 1.82) is 0 Å². The number of alkyl halides is 3. The summed E-state index contributed by atoms with van der Waals surface area (Å²) in [6, 6.07) is 0. The van der Waals surface area contributed by atoms with E-state index in [1.54, 1.807) is 6.08 Å². The third-order valence-electron chi connectivity index (χ3n) is 1.90. The minimum absolute atomic E-state index is 0.642. The highest BCUT2D eigenvalue weighted by molar-refractivity contribution is 5.81. The van der Waals surface area contributed by atoms with E-state index in [0.29, 0.717) is 6.42 Å². The highest BCUT2D eigenvalue weighted by Gasteiger charge is 2.29. The first-order chi connectivity index (χ1) is 8.45. The smallest absolute Gasteiger partial charge is 0.422 e. The van der Waals surface area contributed by atoms with Gasteiger partial charge in [-0.15, -0.1) is 0 Å². The highest BCUT2D eigenvalue weighted by atomic mass is 19.4. The molecule has 0 atom stereocenters. The molecule has 0 aliphatic heterocycles. The molecule has 0 fully saturated rings. The van der Waals surface area contributed by atoms with Gasteiger partial charge in [-0.1, -0.05) is 30.9 Å². The maximum Gasteiger partial charge on any atom is 0.422 e. The Labute approximate surface area is 105 Å². The van der Waals surface area contributed by atoms with Crippen LogP contribution in [0.5, 0.6) is 0 Å². The van der Waals surface area contributed by atoms with Crippen LogP contribution in [0.2, 0.25) is 0 Å². The summed E-state index contributed by atoms with van der Waals surface area (Å²) in [4.78, 5) is 10.8. The van der Waals surface area contributed by atoms with Gasteiger partial charge in [-0.2, -0.15) is 13.2 Å². The summed E-state index contributed by atoms with van der Waals surface area (Å²) in [5, 5.41) is 0. The van der Waals surface area contributed by atoms with Crippen molar-refractivity contribution in [2.45, 2.75) is 31.9 Å². The molecule has 2 nitrogen and oxygen atoms in total. The molecule has 102 valence electrons. The van der Waals surface area contributed by atoms with E-state index >= 15 is 0 Å². The van der Waals surface area contributed by atoms with Gasteiger partial charge in [0.1, 0.15) is 0 Å². The van der Waals surface area contributed by atoms with Gasteiger partial charge in [0.05, 0.1) is 0 Å². The molecular formula is C13H17F3O2. The molecular weight excluding hydrogens is 245 g/mol.